The number of methoxy groups -OCH3 is 2. The van der Waals surface area contributed by atoms with Crippen molar-refractivity contribution in [3.63, 3.8) is 0 Å². The summed E-state index contributed by atoms with van der Waals surface area (Å²) in [6, 6.07) is 0. The van der Waals surface area contributed by atoms with E-state index in [2.05, 4.69) is 9.47 Å². The van der Waals surface area contributed by atoms with E-state index in [4.69, 9.17) is 0 Å². The fourth-order valence-corrected chi connectivity index (χ4v) is 3.41. The van der Waals surface area contributed by atoms with Crippen molar-refractivity contribution in [2.75, 3.05) is 14.2 Å². The number of aliphatic carboxylic acids is 2. The average Bonchev–Trinajstić information content (AvgIpc) is 2.58. The molecule has 0 aromatic rings. The molecule has 0 spiro atoms. The molecule has 10 nitrogen and oxygen atoms in total. The highest BCUT2D eigenvalue weighted by molar-refractivity contribution is 5.99. The molecule has 2 bridgehead atoms. The van der Waals surface area contributed by atoms with Gasteiger partial charge in [-0.3, -0.25) is 9.59 Å². The molecule has 136 valence electrons. The molecular weight excluding hydrogens is 340 g/mol. The zero-order valence-corrected chi connectivity index (χ0v) is 13.4. The van der Waals surface area contributed by atoms with Gasteiger partial charge in [0.2, 0.25) is 0 Å². The number of hydrogen-bond acceptors (Lipinski definition) is 8. The standard InChI is InChI=1S/C15H16O10/c1-24-10(18)6-3-14(12(20)21)5-15(8(6)16,13(22)23)4-7(9(14)17)11(19)25-2/h16-17H,3-5H2,1-2H3,(H,20,21)(H,22,23)/t14-,15-/m1/s1. The number of ether oxygens (including phenoxy) is 2. The first kappa shape index (κ1) is 18.3. The Morgan fingerprint density at radius 2 is 1.12 bits per heavy atom. The van der Waals surface area contributed by atoms with Crippen molar-refractivity contribution in [2.45, 2.75) is 19.3 Å². The fraction of sp³-hybridized carbons (Fsp3) is 0.467. The number of carboxylic acids is 2. The summed E-state index contributed by atoms with van der Waals surface area (Å²) in [7, 11) is 1.95. The monoisotopic (exact) mass is 356 g/mol. The van der Waals surface area contributed by atoms with Crippen LogP contribution in [-0.4, -0.2) is 58.5 Å². The van der Waals surface area contributed by atoms with E-state index in [0.29, 0.717) is 0 Å². The number of carbonyl (C=O) groups is 4. The molecule has 0 aromatic heterocycles. The number of carbonyl (C=O) groups excluding carboxylic acids is 2. The number of aliphatic hydroxyl groups excluding tert-OH is 2. The minimum Gasteiger partial charge on any atom is -0.511 e. The summed E-state index contributed by atoms with van der Waals surface area (Å²) in [5, 5.41) is 40.1. The zero-order valence-electron chi connectivity index (χ0n) is 13.4. The molecular formula is C15H16O10. The lowest BCUT2D eigenvalue weighted by Gasteiger charge is -2.46. The summed E-state index contributed by atoms with van der Waals surface area (Å²) in [5.74, 6) is -7.32. The maximum absolute atomic E-state index is 11.9. The van der Waals surface area contributed by atoms with Crippen LogP contribution in [0.2, 0.25) is 0 Å². The van der Waals surface area contributed by atoms with Gasteiger partial charge >= 0.3 is 23.9 Å². The second-order valence-electron chi connectivity index (χ2n) is 5.94. The highest BCUT2D eigenvalue weighted by atomic mass is 16.5. The number of rotatable bonds is 4. The van der Waals surface area contributed by atoms with E-state index in [0.717, 1.165) is 14.2 Å². The Morgan fingerprint density at radius 1 is 0.800 bits per heavy atom. The van der Waals surface area contributed by atoms with Crippen LogP contribution in [0.1, 0.15) is 19.3 Å². The Bertz CT molecular complexity index is 683. The molecule has 0 fully saturated rings. The van der Waals surface area contributed by atoms with Gasteiger partial charge in [0.1, 0.15) is 22.3 Å². The predicted octanol–water partition coefficient (Wildman–Crippen LogP) is 0.296. The van der Waals surface area contributed by atoms with Crippen molar-refractivity contribution in [1.82, 2.24) is 0 Å². The van der Waals surface area contributed by atoms with Crippen LogP contribution in [0, 0.1) is 10.8 Å². The minimum atomic E-state index is -2.28. The summed E-state index contributed by atoms with van der Waals surface area (Å²) < 4.78 is 8.95. The lowest BCUT2D eigenvalue weighted by atomic mass is 9.55. The van der Waals surface area contributed by atoms with E-state index in [1.54, 1.807) is 0 Å². The molecule has 0 saturated carbocycles. The third-order valence-corrected chi connectivity index (χ3v) is 4.72. The molecule has 2 atom stereocenters. The van der Waals surface area contributed by atoms with Crippen molar-refractivity contribution in [2.24, 2.45) is 10.8 Å². The van der Waals surface area contributed by atoms with E-state index in [1.807, 2.05) is 0 Å². The van der Waals surface area contributed by atoms with Crippen LogP contribution >= 0.6 is 0 Å². The van der Waals surface area contributed by atoms with Gasteiger partial charge in [-0.05, 0) is 6.42 Å². The molecule has 0 heterocycles. The molecule has 10 heteroatoms. The summed E-state index contributed by atoms with van der Waals surface area (Å²) in [6.45, 7) is 0. The minimum absolute atomic E-state index is 0.575. The molecule has 0 saturated heterocycles. The van der Waals surface area contributed by atoms with Crippen molar-refractivity contribution in [1.29, 1.82) is 0 Å². The molecule has 0 amide bonds. The molecule has 2 rings (SSSR count). The highest BCUT2D eigenvalue weighted by Crippen LogP contribution is 2.59. The van der Waals surface area contributed by atoms with E-state index < -0.39 is 76.6 Å². The van der Waals surface area contributed by atoms with Gasteiger partial charge in [0.05, 0.1) is 25.4 Å². The number of carboxylic acid groups (broad SMARTS) is 2. The Labute approximate surface area is 141 Å². The van der Waals surface area contributed by atoms with Gasteiger partial charge in [-0.1, -0.05) is 0 Å². The number of aliphatic hydroxyl groups is 2. The van der Waals surface area contributed by atoms with Crippen LogP contribution in [0.25, 0.3) is 0 Å². The van der Waals surface area contributed by atoms with Gasteiger partial charge in [0, 0.05) is 12.8 Å². The van der Waals surface area contributed by atoms with Gasteiger partial charge in [0.15, 0.2) is 0 Å². The van der Waals surface area contributed by atoms with Crippen LogP contribution in [-0.2, 0) is 28.7 Å². The van der Waals surface area contributed by atoms with Gasteiger partial charge in [-0.25, -0.2) is 9.59 Å². The van der Waals surface area contributed by atoms with Crippen LogP contribution in [0.15, 0.2) is 22.7 Å². The second kappa shape index (κ2) is 5.80. The van der Waals surface area contributed by atoms with E-state index in [1.165, 1.54) is 0 Å². The Kier molecular flexibility index (Phi) is 4.24. The number of esters is 2. The Morgan fingerprint density at radius 3 is 1.36 bits per heavy atom. The quantitative estimate of drug-likeness (QED) is 0.514. The smallest absolute Gasteiger partial charge is 0.337 e. The maximum atomic E-state index is 11.9. The third-order valence-electron chi connectivity index (χ3n) is 4.72. The molecule has 0 aliphatic heterocycles. The van der Waals surface area contributed by atoms with Crippen molar-refractivity contribution in [3.8, 4) is 0 Å². The topological polar surface area (TPSA) is 168 Å². The van der Waals surface area contributed by atoms with Crippen LogP contribution in [0.4, 0.5) is 0 Å². The first-order valence-electron chi connectivity index (χ1n) is 7.06. The van der Waals surface area contributed by atoms with Gasteiger partial charge < -0.3 is 29.9 Å². The van der Waals surface area contributed by atoms with Crippen molar-refractivity contribution < 1.29 is 49.1 Å². The SMILES string of the molecule is COC(=O)C1=C(O)[C@@]2(C(=O)O)CC(C(=O)OC)=C(O)[C@@](C(=O)O)(C1)C2. The summed E-state index contributed by atoms with van der Waals surface area (Å²) >= 11 is 0. The molecule has 2 aliphatic carbocycles. The molecule has 0 radical (unpaired) electrons. The normalized spacial score (nSPS) is 28.4. The Hall–Kier alpha value is -3.04. The lowest BCUT2D eigenvalue weighted by molar-refractivity contribution is -0.161. The second-order valence-corrected chi connectivity index (χ2v) is 5.94. The van der Waals surface area contributed by atoms with Crippen LogP contribution in [0.3, 0.4) is 0 Å². The molecule has 0 aromatic carbocycles. The predicted molar refractivity (Wildman–Crippen MR) is 77.3 cm³/mol. The zero-order chi connectivity index (χ0) is 19.2. The van der Waals surface area contributed by atoms with E-state index in [-0.39, 0.29) is 0 Å². The van der Waals surface area contributed by atoms with Gasteiger partial charge in [-0.15, -0.1) is 0 Å². The van der Waals surface area contributed by atoms with E-state index >= 15 is 0 Å². The lowest BCUT2D eigenvalue weighted by Crippen LogP contribution is -2.53. The first-order chi connectivity index (χ1) is 11.6. The molecule has 0 unspecified atom stereocenters. The summed E-state index contributed by atoms with van der Waals surface area (Å²) in [6.07, 6.45) is -2.20. The summed E-state index contributed by atoms with van der Waals surface area (Å²) in [4.78, 5) is 47.6. The van der Waals surface area contributed by atoms with Gasteiger partial charge in [-0.2, -0.15) is 0 Å². The fourth-order valence-electron chi connectivity index (χ4n) is 3.41. The number of fused-ring (bicyclic) bond motifs is 2. The van der Waals surface area contributed by atoms with Gasteiger partial charge in [0.25, 0.3) is 0 Å². The largest absolute Gasteiger partial charge is 0.511 e. The van der Waals surface area contributed by atoms with Crippen molar-refractivity contribution in [3.05, 3.63) is 22.7 Å². The molecule has 25 heavy (non-hydrogen) atoms. The summed E-state index contributed by atoms with van der Waals surface area (Å²) in [5.41, 5.74) is -5.71. The third kappa shape index (κ3) is 2.32. The maximum Gasteiger partial charge on any atom is 0.337 e. The van der Waals surface area contributed by atoms with Crippen LogP contribution in [0.5, 0.6) is 0 Å². The van der Waals surface area contributed by atoms with E-state index in [9.17, 15) is 39.6 Å². The van der Waals surface area contributed by atoms with Crippen molar-refractivity contribution >= 4 is 23.9 Å². The van der Waals surface area contributed by atoms with Crippen LogP contribution < -0.4 is 0 Å². The number of hydrogen-bond donors (Lipinski definition) is 4. The molecule has 4 N–H and O–H groups in total. The first-order valence-corrected chi connectivity index (χ1v) is 7.06. The molecule has 2 aliphatic rings. The Balaban J connectivity index is 2.85. The average molecular weight is 356 g/mol. The highest BCUT2D eigenvalue weighted by Gasteiger charge is 2.65.